The minimum Gasteiger partial charge on any atom is -0.273 e. The van der Waals surface area contributed by atoms with Gasteiger partial charge in [-0.3, -0.25) is 9.63 Å². The lowest BCUT2D eigenvalue weighted by atomic mass is 10.2. The van der Waals surface area contributed by atoms with Crippen LogP contribution in [0.15, 0.2) is 30.3 Å². The molecule has 19 heavy (non-hydrogen) atoms. The molecule has 0 unspecified atom stereocenters. The lowest BCUT2D eigenvalue weighted by molar-refractivity contribution is 0.0205. The second-order valence-electron chi connectivity index (χ2n) is 4.64. The van der Waals surface area contributed by atoms with Crippen LogP contribution in [-0.4, -0.2) is 17.5 Å². The van der Waals surface area contributed by atoms with Crippen molar-refractivity contribution in [3.63, 3.8) is 0 Å². The standard InChI is InChI=1S/C14H15ClN2O2/c1-9(2)8-19-17-14(18)13-7-11(15)10-5-3-4-6-12(10)16-13/h3-7,9H,8H2,1-2H3,(H,17,18). The maximum absolute atomic E-state index is 11.9. The predicted molar refractivity (Wildman–Crippen MR) is 75.0 cm³/mol. The maximum atomic E-state index is 11.9. The summed E-state index contributed by atoms with van der Waals surface area (Å²) in [5.41, 5.74) is 3.29. The van der Waals surface area contributed by atoms with Crippen molar-refractivity contribution in [2.75, 3.05) is 6.61 Å². The molecule has 1 heterocycles. The molecule has 2 aromatic rings. The number of nitrogens with one attached hydrogen (secondary N) is 1. The summed E-state index contributed by atoms with van der Waals surface area (Å²) < 4.78 is 0. The molecule has 0 radical (unpaired) electrons. The van der Waals surface area contributed by atoms with E-state index in [4.69, 9.17) is 16.4 Å². The third-order valence-corrected chi connectivity index (χ3v) is 2.79. The molecular formula is C14H15ClN2O2. The molecule has 100 valence electrons. The second kappa shape index (κ2) is 5.99. The summed E-state index contributed by atoms with van der Waals surface area (Å²) in [5.74, 6) is -0.0539. The van der Waals surface area contributed by atoms with Gasteiger partial charge in [-0.1, -0.05) is 43.6 Å². The first-order chi connectivity index (χ1) is 9.08. The maximum Gasteiger partial charge on any atom is 0.293 e. The van der Waals surface area contributed by atoms with Crippen molar-refractivity contribution in [1.29, 1.82) is 0 Å². The Bertz CT molecular complexity index is 599. The lowest BCUT2D eigenvalue weighted by Crippen LogP contribution is -2.26. The number of para-hydroxylation sites is 1. The van der Waals surface area contributed by atoms with Gasteiger partial charge in [-0.25, -0.2) is 10.5 Å². The normalized spacial score (nSPS) is 10.9. The highest BCUT2D eigenvalue weighted by molar-refractivity contribution is 6.35. The van der Waals surface area contributed by atoms with Crippen molar-refractivity contribution in [2.45, 2.75) is 13.8 Å². The summed E-state index contributed by atoms with van der Waals surface area (Å²) in [6, 6.07) is 8.94. The van der Waals surface area contributed by atoms with Gasteiger partial charge in [-0.15, -0.1) is 0 Å². The Morgan fingerprint density at radius 1 is 1.42 bits per heavy atom. The molecule has 5 heteroatoms. The smallest absolute Gasteiger partial charge is 0.273 e. The summed E-state index contributed by atoms with van der Waals surface area (Å²) in [7, 11) is 0. The molecule has 1 amide bonds. The van der Waals surface area contributed by atoms with Gasteiger partial charge in [0.25, 0.3) is 5.91 Å². The summed E-state index contributed by atoms with van der Waals surface area (Å²) in [5, 5.41) is 1.32. The molecule has 2 rings (SSSR count). The third kappa shape index (κ3) is 3.43. The average Bonchev–Trinajstić information content (AvgIpc) is 2.38. The van der Waals surface area contributed by atoms with Gasteiger partial charge < -0.3 is 0 Å². The molecule has 0 aliphatic rings. The Morgan fingerprint density at radius 2 is 2.16 bits per heavy atom. The van der Waals surface area contributed by atoms with Crippen molar-refractivity contribution >= 4 is 28.4 Å². The molecule has 0 spiro atoms. The van der Waals surface area contributed by atoms with E-state index in [1.165, 1.54) is 6.07 Å². The SMILES string of the molecule is CC(C)CONC(=O)c1cc(Cl)c2ccccc2n1. The Labute approximate surface area is 116 Å². The molecule has 1 N–H and O–H groups in total. The molecule has 0 bridgehead atoms. The molecule has 0 saturated carbocycles. The van der Waals surface area contributed by atoms with Crippen LogP contribution in [0.2, 0.25) is 5.02 Å². The highest BCUT2D eigenvalue weighted by atomic mass is 35.5. The van der Waals surface area contributed by atoms with Gasteiger partial charge in [-0.2, -0.15) is 0 Å². The van der Waals surface area contributed by atoms with Crippen LogP contribution in [-0.2, 0) is 4.84 Å². The van der Waals surface area contributed by atoms with Gasteiger partial charge in [0.1, 0.15) is 5.69 Å². The molecule has 0 fully saturated rings. The number of halogens is 1. The number of hydroxylamine groups is 1. The third-order valence-electron chi connectivity index (χ3n) is 2.48. The first kappa shape index (κ1) is 13.8. The first-order valence-electron chi connectivity index (χ1n) is 6.05. The molecule has 0 saturated heterocycles. The van der Waals surface area contributed by atoms with E-state index >= 15 is 0 Å². The Kier molecular flexibility index (Phi) is 4.35. The number of amides is 1. The molecule has 1 aromatic carbocycles. The Balaban J connectivity index is 2.18. The van der Waals surface area contributed by atoms with Crippen molar-refractivity contribution in [3.8, 4) is 0 Å². The van der Waals surface area contributed by atoms with Crippen LogP contribution in [0.4, 0.5) is 0 Å². The molecule has 4 nitrogen and oxygen atoms in total. The van der Waals surface area contributed by atoms with Crippen LogP contribution in [0.1, 0.15) is 24.3 Å². The molecular weight excluding hydrogens is 264 g/mol. The minimum atomic E-state index is -0.395. The monoisotopic (exact) mass is 278 g/mol. The second-order valence-corrected chi connectivity index (χ2v) is 5.05. The zero-order chi connectivity index (χ0) is 13.8. The van der Waals surface area contributed by atoms with Crippen LogP contribution in [0.25, 0.3) is 10.9 Å². The number of rotatable bonds is 4. The van der Waals surface area contributed by atoms with Crippen LogP contribution < -0.4 is 5.48 Å². The number of pyridine rings is 1. The Hall–Kier alpha value is -1.65. The van der Waals surface area contributed by atoms with Gasteiger partial charge in [0.05, 0.1) is 17.1 Å². The quantitative estimate of drug-likeness (QED) is 0.874. The van der Waals surface area contributed by atoms with Gasteiger partial charge in [0, 0.05) is 5.39 Å². The lowest BCUT2D eigenvalue weighted by Gasteiger charge is -2.08. The Morgan fingerprint density at radius 3 is 2.89 bits per heavy atom. The highest BCUT2D eigenvalue weighted by Gasteiger charge is 2.11. The van der Waals surface area contributed by atoms with Crippen LogP contribution in [0.3, 0.4) is 0 Å². The molecule has 0 aliphatic carbocycles. The van der Waals surface area contributed by atoms with Crippen LogP contribution in [0, 0.1) is 5.92 Å². The van der Waals surface area contributed by atoms with E-state index in [1.807, 2.05) is 38.1 Å². The van der Waals surface area contributed by atoms with Crippen LogP contribution >= 0.6 is 11.6 Å². The number of fused-ring (bicyclic) bond motifs is 1. The summed E-state index contributed by atoms with van der Waals surface area (Å²) >= 11 is 6.13. The number of carbonyl (C=O) groups excluding carboxylic acids is 1. The van der Waals surface area contributed by atoms with Gasteiger partial charge in [-0.05, 0) is 18.1 Å². The van der Waals surface area contributed by atoms with Crippen molar-refractivity contribution < 1.29 is 9.63 Å². The predicted octanol–water partition coefficient (Wildman–Crippen LogP) is 3.21. The van der Waals surface area contributed by atoms with Gasteiger partial charge in [0.2, 0.25) is 0 Å². The number of benzene rings is 1. The minimum absolute atomic E-state index is 0.243. The van der Waals surface area contributed by atoms with Crippen molar-refractivity contribution in [3.05, 3.63) is 41.0 Å². The largest absolute Gasteiger partial charge is 0.293 e. The van der Waals surface area contributed by atoms with E-state index in [0.717, 1.165) is 5.39 Å². The fraction of sp³-hybridized carbons (Fsp3) is 0.286. The first-order valence-corrected chi connectivity index (χ1v) is 6.43. The van der Waals surface area contributed by atoms with E-state index in [9.17, 15) is 4.79 Å². The summed E-state index contributed by atoms with van der Waals surface area (Å²) in [6.07, 6.45) is 0. The van der Waals surface area contributed by atoms with E-state index in [-0.39, 0.29) is 5.69 Å². The number of carbonyl (C=O) groups is 1. The summed E-state index contributed by atoms with van der Waals surface area (Å²) in [6.45, 7) is 4.45. The van der Waals surface area contributed by atoms with E-state index < -0.39 is 5.91 Å². The zero-order valence-corrected chi connectivity index (χ0v) is 11.6. The van der Waals surface area contributed by atoms with Gasteiger partial charge >= 0.3 is 0 Å². The zero-order valence-electron chi connectivity index (χ0n) is 10.8. The molecule has 0 atom stereocenters. The number of nitrogens with zero attached hydrogens (tertiary/aromatic N) is 1. The topological polar surface area (TPSA) is 51.2 Å². The summed E-state index contributed by atoms with van der Waals surface area (Å²) in [4.78, 5) is 21.2. The van der Waals surface area contributed by atoms with E-state index in [1.54, 1.807) is 0 Å². The van der Waals surface area contributed by atoms with Crippen molar-refractivity contribution in [1.82, 2.24) is 10.5 Å². The van der Waals surface area contributed by atoms with E-state index in [2.05, 4.69) is 10.5 Å². The van der Waals surface area contributed by atoms with E-state index in [0.29, 0.717) is 23.1 Å². The number of aromatic nitrogens is 1. The van der Waals surface area contributed by atoms with Gasteiger partial charge in [0.15, 0.2) is 0 Å². The number of hydrogen-bond acceptors (Lipinski definition) is 3. The van der Waals surface area contributed by atoms with Crippen molar-refractivity contribution in [2.24, 2.45) is 5.92 Å². The highest BCUT2D eigenvalue weighted by Crippen LogP contribution is 2.22. The fourth-order valence-corrected chi connectivity index (χ4v) is 1.84. The number of hydrogen-bond donors (Lipinski definition) is 1. The van der Waals surface area contributed by atoms with Crippen LogP contribution in [0.5, 0.6) is 0 Å². The fourth-order valence-electron chi connectivity index (χ4n) is 1.58. The molecule has 0 aliphatic heterocycles. The average molecular weight is 279 g/mol. The molecule has 1 aromatic heterocycles.